The van der Waals surface area contributed by atoms with Crippen molar-refractivity contribution in [2.45, 2.75) is 83.0 Å². The zero-order valence-corrected chi connectivity index (χ0v) is 20.0. The molecule has 0 radical (unpaired) electrons. The van der Waals surface area contributed by atoms with Crippen LogP contribution in [0.2, 0.25) is 0 Å². The molecule has 1 aromatic carbocycles. The molecule has 7 heteroatoms. The average Bonchev–Trinajstić information content (AvgIpc) is 2.75. The first-order valence-electron chi connectivity index (χ1n) is 11.8. The number of hydrazone groups is 1. The third kappa shape index (κ3) is 8.69. The second kappa shape index (κ2) is 13.3. The van der Waals surface area contributed by atoms with E-state index >= 15 is 0 Å². The fourth-order valence-electron chi connectivity index (χ4n) is 3.96. The summed E-state index contributed by atoms with van der Waals surface area (Å²) in [5.41, 5.74) is -0.236. The van der Waals surface area contributed by atoms with E-state index in [0.29, 0.717) is 18.4 Å². The minimum Gasteiger partial charge on any atom is -0.508 e. The summed E-state index contributed by atoms with van der Waals surface area (Å²) >= 11 is 0. The van der Waals surface area contributed by atoms with Crippen LogP contribution in [0.3, 0.4) is 0 Å². The van der Waals surface area contributed by atoms with Gasteiger partial charge in [-0.15, -0.1) is 0 Å². The third-order valence-electron chi connectivity index (χ3n) is 5.83. The van der Waals surface area contributed by atoms with Crippen LogP contribution in [0.25, 0.3) is 0 Å². The van der Waals surface area contributed by atoms with E-state index in [0.717, 1.165) is 19.3 Å². The number of benzene rings is 1. The molecule has 1 atom stereocenters. The summed E-state index contributed by atoms with van der Waals surface area (Å²) in [6.07, 6.45) is 21.0. The Balaban J connectivity index is 1.80. The molecule has 3 N–H and O–H groups in total. The number of nitrogens with one attached hydrogen (secondary N) is 1. The zero-order chi connectivity index (χ0) is 23.3. The molecule has 32 heavy (non-hydrogen) atoms. The predicted molar refractivity (Wildman–Crippen MR) is 132 cm³/mol. The molecular formula is C25H38N2O4S. The summed E-state index contributed by atoms with van der Waals surface area (Å²) in [5.74, 6) is -0.0518. The zero-order valence-electron chi connectivity index (χ0n) is 19.2. The van der Waals surface area contributed by atoms with E-state index < -0.39 is 15.4 Å². The van der Waals surface area contributed by atoms with E-state index in [1.54, 1.807) is 6.07 Å². The first kappa shape index (κ1) is 26.0. The Bertz CT molecular complexity index is 893. The Morgan fingerprint density at radius 3 is 2.25 bits per heavy atom. The van der Waals surface area contributed by atoms with E-state index in [1.165, 1.54) is 56.9 Å². The minimum atomic E-state index is -3.51. The number of nitrogens with zero attached hydrogens (tertiary/aromatic N) is 1. The molecule has 2 rings (SSSR count). The maximum absolute atomic E-state index is 12.3. The maximum atomic E-state index is 12.3. The van der Waals surface area contributed by atoms with E-state index in [1.807, 2.05) is 24.3 Å². The Hall–Kier alpha value is -2.28. The smallest absolute Gasteiger partial charge is 0.247 e. The van der Waals surface area contributed by atoms with Gasteiger partial charge in [-0.25, -0.2) is 13.2 Å². The predicted octanol–water partition coefficient (Wildman–Crippen LogP) is 5.68. The van der Waals surface area contributed by atoms with Gasteiger partial charge in [0.25, 0.3) is 0 Å². The fraction of sp³-hybridized carbons (Fsp3) is 0.560. The van der Waals surface area contributed by atoms with Crippen LogP contribution in [0.1, 0.15) is 83.1 Å². The van der Waals surface area contributed by atoms with Crippen LogP contribution >= 0.6 is 0 Å². The molecule has 0 fully saturated rings. The normalized spacial score (nSPS) is 18.4. The van der Waals surface area contributed by atoms with Gasteiger partial charge in [0.05, 0.1) is 11.2 Å². The lowest BCUT2D eigenvalue weighted by atomic mass is 9.76. The number of sulfonamides is 1. The van der Waals surface area contributed by atoms with Crippen molar-refractivity contribution >= 4 is 16.2 Å². The number of allylic oxidation sites excluding steroid dienone is 4. The molecule has 1 aromatic rings. The number of phenolic OH excluding ortho intramolecular Hbond substituents is 2. The van der Waals surface area contributed by atoms with Crippen molar-refractivity contribution in [2.24, 2.45) is 5.10 Å². The molecule has 0 aromatic heterocycles. The van der Waals surface area contributed by atoms with Crippen LogP contribution in [-0.4, -0.2) is 30.6 Å². The molecule has 0 amide bonds. The van der Waals surface area contributed by atoms with Crippen molar-refractivity contribution in [1.29, 1.82) is 0 Å². The molecule has 1 aliphatic carbocycles. The minimum absolute atomic E-state index is 0.0362. The number of phenols is 2. The van der Waals surface area contributed by atoms with Gasteiger partial charge < -0.3 is 10.2 Å². The lowest BCUT2D eigenvalue weighted by molar-refractivity contribution is 0.441. The van der Waals surface area contributed by atoms with E-state index in [2.05, 4.69) is 16.9 Å². The SMILES string of the molecule is CCCCCCCCCCCCS(=O)(=O)NN=CC1(c2ccc(O)cc2O)C=CC=CC1. The molecule has 0 saturated carbocycles. The standard InChI is InChI=1S/C25H38N2O4S/c1-2-3-4-5-6-7-8-9-10-14-19-32(30,31)27-26-21-25(17-12-11-13-18-25)23-16-15-22(28)20-24(23)29/h11-13,15-17,20-21,27-29H,2-10,14,18-19H2,1H3. The lowest BCUT2D eigenvalue weighted by Crippen LogP contribution is -2.29. The van der Waals surface area contributed by atoms with Crippen molar-refractivity contribution in [2.75, 3.05) is 5.75 Å². The second-order valence-electron chi connectivity index (χ2n) is 8.58. The second-order valence-corrected chi connectivity index (χ2v) is 10.4. The Kier molecular flexibility index (Phi) is 10.8. The van der Waals surface area contributed by atoms with Crippen LogP contribution < -0.4 is 4.83 Å². The number of hydrogen-bond acceptors (Lipinski definition) is 5. The van der Waals surface area contributed by atoms with Crippen LogP contribution in [-0.2, 0) is 15.4 Å². The number of aromatic hydroxyl groups is 2. The first-order valence-corrected chi connectivity index (χ1v) is 13.4. The molecule has 0 aliphatic heterocycles. The summed E-state index contributed by atoms with van der Waals surface area (Å²) in [7, 11) is -3.51. The Labute approximate surface area is 193 Å². The quantitative estimate of drug-likeness (QED) is 0.177. The molecule has 1 unspecified atom stereocenters. The summed E-state index contributed by atoms with van der Waals surface area (Å²) in [5, 5.41) is 23.9. The Morgan fingerprint density at radius 2 is 1.66 bits per heavy atom. The van der Waals surface area contributed by atoms with Crippen LogP contribution in [0.5, 0.6) is 11.5 Å². The van der Waals surface area contributed by atoms with Gasteiger partial charge in [0.2, 0.25) is 10.0 Å². The molecule has 6 nitrogen and oxygen atoms in total. The first-order chi connectivity index (χ1) is 15.4. The highest BCUT2D eigenvalue weighted by atomic mass is 32.2. The summed E-state index contributed by atoms with van der Waals surface area (Å²) in [6.45, 7) is 2.22. The highest BCUT2D eigenvalue weighted by molar-refractivity contribution is 7.89. The maximum Gasteiger partial charge on any atom is 0.247 e. The van der Waals surface area contributed by atoms with Gasteiger partial charge in [-0.05, 0) is 18.9 Å². The molecule has 1 aliphatic rings. The van der Waals surface area contributed by atoms with E-state index in [9.17, 15) is 18.6 Å². The van der Waals surface area contributed by atoms with Gasteiger partial charge in [-0.3, -0.25) is 0 Å². The van der Waals surface area contributed by atoms with Crippen LogP contribution in [0.15, 0.2) is 47.6 Å². The van der Waals surface area contributed by atoms with Gasteiger partial charge in [0.1, 0.15) is 11.5 Å². The molecule has 0 heterocycles. The number of unbranched alkanes of at least 4 members (excludes halogenated alkanes) is 9. The highest BCUT2D eigenvalue weighted by Crippen LogP contribution is 2.38. The van der Waals surface area contributed by atoms with Gasteiger partial charge in [-0.1, -0.05) is 95.1 Å². The molecular weight excluding hydrogens is 424 g/mol. The Morgan fingerprint density at radius 1 is 1.00 bits per heavy atom. The van der Waals surface area contributed by atoms with Crippen molar-refractivity contribution < 1.29 is 18.6 Å². The number of rotatable bonds is 15. The van der Waals surface area contributed by atoms with Crippen LogP contribution in [0.4, 0.5) is 0 Å². The van der Waals surface area contributed by atoms with Gasteiger partial charge in [0, 0.05) is 17.8 Å². The van der Waals surface area contributed by atoms with Crippen LogP contribution in [0, 0.1) is 0 Å². The van der Waals surface area contributed by atoms with Crippen molar-refractivity contribution in [3.05, 3.63) is 48.1 Å². The fourth-order valence-corrected chi connectivity index (χ4v) is 4.85. The van der Waals surface area contributed by atoms with E-state index in [4.69, 9.17) is 0 Å². The summed E-state index contributed by atoms with van der Waals surface area (Å²) in [4.78, 5) is 2.32. The largest absolute Gasteiger partial charge is 0.508 e. The van der Waals surface area contributed by atoms with Crippen molar-refractivity contribution in [3.63, 3.8) is 0 Å². The van der Waals surface area contributed by atoms with Gasteiger partial charge in [0.15, 0.2) is 0 Å². The molecule has 0 spiro atoms. The number of hydrogen-bond donors (Lipinski definition) is 3. The molecule has 178 valence electrons. The van der Waals surface area contributed by atoms with Gasteiger partial charge in [-0.2, -0.15) is 5.10 Å². The summed E-state index contributed by atoms with van der Waals surface area (Å²) < 4.78 is 24.6. The average molecular weight is 463 g/mol. The summed E-state index contributed by atoms with van der Waals surface area (Å²) in [6, 6.07) is 4.39. The molecule has 0 bridgehead atoms. The lowest BCUT2D eigenvalue weighted by Gasteiger charge is -2.28. The van der Waals surface area contributed by atoms with Crippen molar-refractivity contribution in [3.8, 4) is 11.5 Å². The molecule has 0 saturated heterocycles. The van der Waals surface area contributed by atoms with Gasteiger partial charge >= 0.3 is 0 Å². The van der Waals surface area contributed by atoms with Crippen molar-refractivity contribution in [1.82, 2.24) is 4.83 Å². The highest BCUT2D eigenvalue weighted by Gasteiger charge is 2.31. The monoisotopic (exact) mass is 462 g/mol. The third-order valence-corrected chi connectivity index (χ3v) is 7.04. The van der Waals surface area contributed by atoms with E-state index in [-0.39, 0.29) is 17.3 Å². The topological polar surface area (TPSA) is 99.0 Å².